The van der Waals surface area contributed by atoms with E-state index in [1.54, 1.807) is 11.3 Å². The number of aliphatic hydroxyl groups excluding tert-OH is 1. The van der Waals surface area contributed by atoms with Crippen molar-refractivity contribution in [2.24, 2.45) is 0 Å². The lowest BCUT2D eigenvalue weighted by molar-refractivity contribution is -0.121. The minimum atomic E-state index is -0.614. The lowest BCUT2D eigenvalue weighted by Gasteiger charge is -2.10. The summed E-state index contributed by atoms with van der Waals surface area (Å²) in [6.07, 6.45) is 1.60. The number of benzene rings is 1. The molecule has 0 fully saturated rings. The second kappa shape index (κ2) is 7.96. The number of aliphatic hydroxyl groups is 1. The smallest absolute Gasteiger partial charge is 0.220 e. The van der Waals surface area contributed by atoms with Crippen LogP contribution < -0.4 is 5.32 Å². The second-order valence-electron chi connectivity index (χ2n) is 5.22. The van der Waals surface area contributed by atoms with Crippen LogP contribution in [0.15, 0.2) is 41.1 Å². The molecular formula is C17H21NO2S. The number of carbonyl (C=O) groups is 1. The van der Waals surface area contributed by atoms with Crippen molar-refractivity contribution in [2.75, 3.05) is 6.54 Å². The van der Waals surface area contributed by atoms with Crippen molar-refractivity contribution in [3.05, 3.63) is 57.8 Å². The molecule has 112 valence electrons. The molecule has 2 N–H and O–H groups in total. The van der Waals surface area contributed by atoms with E-state index in [1.165, 1.54) is 11.1 Å². The van der Waals surface area contributed by atoms with Crippen LogP contribution in [0.4, 0.5) is 0 Å². The highest BCUT2D eigenvalue weighted by atomic mass is 32.1. The van der Waals surface area contributed by atoms with Crippen molar-refractivity contribution in [3.63, 3.8) is 0 Å². The Balaban J connectivity index is 1.64. The fraction of sp³-hybridized carbons (Fsp3) is 0.353. The van der Waals surface area contributed by atoms with Gasteiger partial charge in [0.1, 0.15) is 0 Å². The average molecular weight is 303 g/mol. The predicted octanol–water partition coefficient (Wildman–Crippen LogP) is 3.23. The lowest BCUT2D eigenvalue weighted by Crippen LogP contribution is -2.28. The minimum absolute atomic E-state index is 0.00334. The van der Waals surface area contributed by atoms with E-state index in [0.29, 0.717) is 6.42 Å². The van der Waals surface area contributed by atoms with Gasteiger partial charge in [-0.15, -0.1) is 0 Å². The van der Waals surface area contributed by atoms with E-state index in [9.17, 15) is 9.90 Å². The quantitative estimate of drug-likeness (QED) is 0.825. The SMILES string of the molecule is Cc1ccc(CCCC(=O)NCC(O)c2ccsc2)cc1. The van der Waals surface area contributed by atoms with Gasteiger partial charge in [-0.25, -0.2) is 0 Å². The molecule has 1 aromatic heterocycles. The summed E-state index contributed by atoms with van der Waals surface area (Å²) in [6.45, 7) is 2.34. The molecule has 1 unspecified atom stereocenters. The van der Waals surface area contributed by atoms with E-state index < -0.39 is 6.10 Å². The molecule has 1 heterocycles. The van der Waals surface area contributed by atoms with E-state index in [-0.39, 0.29) is 12.5 Å². The van der Waals surface area contributed by atoms with Gasteiger partial charge in [0.2, 0.25) is 5.91 Å². The summed E-state index contributed by atoms with van der Waals surface area (Å²) in [5, 5.41) is 16.5. The van der Waals surface area contributed by atoms with E-state index in [0.717, 1.165) is 18.4 Å². The Labute approximate surface area is 129 Å². The third-order valence-electron chi connectivity index (χ3n) is 3.41. The molecule has 2 rings (SSSR count). The molecule has 0 spiro atoms. The van der Waals surface area contributed by atoms with Crippen LogP contribution in [0.3, 0.4) is 0 Å². The second-order valence-corrected chi connectivity index (χ2v) is 6.00. The van der Waals surface area contributed by atoms with Crippen molar-refractivity contribution >= 4 is 17.2 Å². The highest BCUT2D eigenvalue weighted by Gasteiger charge is 2.09. The van der Waals surface area contributed by atoms with E-state index in [1.807, 2.05) is 16.8 Å². The van der Waals surface area contributed by atoms with Crippen molar-refractivity contribution in [1.82, 2.24) is 5.32 Å². The van der Waals surface area contributed by atoms with Gasteiger partial charge in [0.25, 0.3) is 0 Å². The zero-order chi connectivity index (χ0) is 15.1. The van der Waals surface area contributed by atoms with Gasteiger partial charge in [0.05, 0.1) is 6.10 Å². The molecule has 0 bridgehead atoms. The molecule has 3 nitrogen and oxygen atoms in total. The maximum atomic E-state index is 11.7. The van der Waals surface area contributed by atoms with Crippen molar-refractivity contribution in [1.29, 1.82) is 0 Å². The van der Waals surface area contributed by atoms with Gasteiger partial charge in [0.15, 0.2) is 0 Å². The standard InChI is InChI=1S/C17H21NO2S/c1-13-5-7-14(8-6-13)3-2-4-17(20)18-11-16(19)15-9-10-21-12-15/h5-10,12,16,19H,2-4,11H2,1H3,(H,18,20). The highest BCUT2D eigenvalue weighted by molar-refractivity contribution is 7.07. The van der Waals surface area contributed by atoms with E-state index in [2.05, 4.69) is 36.5 Å². The summed E-state index contributed by atoms with van der Waals surface area (Å²) in [4.78, 5) is 11.7. The van der Waals surface area contributed by atoms with Crippen LogP contribution in [0.5, 0.6) is 0 Å². The maximum Gasteiger partial charge on any atom is 0.220 e. The van der Waals surface area contributed by atoms with Gasteiger partial charge >= 0.3 is 0 Å². The number of thiophene rings is 1. The number of rotatable bonds is 7. The summed E-state index contributed by atoms with van der Waals surface area (Å²) >= 11 is 1.54. The Hall–Kier alpha value is -1.65. The zero-order valence-corrected chi connectivity index (χ0v) is 13.0. The number of aryl methyl sites for hydroxylation is 2. The van der Waals surface area contributed by atoms with Crippen molar-refractivity contribution in [2.45, 2.75) is 32.3 Å². The Morgan fingerprint density at radius 1 is 1.29 bits per heavy atom. The van der Waals surface area contributed by atoms with E-state index in [4.69, 9.17) is 0 Å². The molecule has 1 amide bonds. The zero-order valence-electron chi connectivity index (χ0n) is 12.2. The normalized spacial score (nSPS) is 12.1. The first-order valence-corrected chi connectivity index (χ1v) is 8.12. The molecule has 0 aliphatic carbocycles. The summed E-state index contributed by atoms with van der Waals surface area (Å²) in [5.74, 6) is -0.00334. The Bertz CT molecular complexity index is 549. The summed E-state index contributed by atoms with van der Waals surface area (Å²) < 4.78 is 0. The average Bonchev–Trinajstić information content (AvgIpc) is 3.01. The minimum Gasteiger partial charge on any atom is -0.387 e. The Morgan fingerprint density at radius 3 is 2.71 bits per heavy atom. The third kappa shape index (κ3) is 5.33. The summed E-state index contributed by atoms with van der Waals surface area (Å²) in [6, 6.07) is 10.3. The van der Waals surface area contributed by atoms with E-state index >= 15 is 0 Å². The number of hydrogen-bond acceptors (Lipinski definition) is 3. The first-order chi connectivity index (χ1) is 10.1. The van der Waals surface area contributed by atoms with Crippen LogP contribution in [-0.4, -0.2) is 17.6 Å². The lowest BCUT2D eigenvalue weighted by atomic mass is 10.1. The molecule has 0 saturated heterocycles. The molecule has 2 aromatic rings. The molecular weight excluding hydrogens is 282 g/mol. The van der Waals surface area contributed by atoms with Crippen LogP contribution >= 0.6 is 11.3 Å². The Kier molecular flexibility index (Phi) is 5.96. The van der Waals surface area contributed by atoms with Crippen LogP contribution in [0.1, 0.15) is 35.6 Å². The molecule has 0 aliphatic rings. The molecule has 1 atom stereocenters. The topological polar surface area (TPSA) is 49.3 Å². The largest absolute Gasteiger partial charge is 0.387 e. The monoisotopic (exact) mass is 303 g/mol. The number of amides is 1. The first-order valence-electron chi connectivity index (χ1n) is 7.17. The van der Waals surface area contributed by atoms with Gasteiger partial charge in [-0.05, 0) is 47.7 Å². The molecule has 1 aromatic carbocycles. The van der Waals surface area contributed by atoms with Crippen molar-refractivity contribution < 1.29 is 9.90 Å². The maximum absolute atomic E-state index is 11.7. The van der Waals surface area contributed by atoms with Crippen molar-refractivity contribution in [3.8, 4) is 0 Å². The highest BCUT2D eigenvalue weighted by Crippen LogP contribution is 2.15. The third-order valence-corrected chi connectivity index (χ3v) is 4.11. The fourth-order valence-electron chi connectivity index (χ4n) is 2.09. The molecule has 0 aliphatic heterocycles. The number of hydrogen-bond donors (Lipinski definition) is 2. The van der Waals surface area contributed by atoms with Crippen LogP contribution in [0.2, 0.25) is 0 Å². The Morgan fingerprint density at radius 2 is 2.05 bits per heavy atom. The van der Waals surface area contributed by atoms with Crippen LogP contribution in [0.25, 0.3) is 0 Å². The molecule has 4 heteroatoms. The summed E-state index contributed by atoms with van der Waals surface area (Å²) in [7, 11) is 0. The first kappa shape index (κ1) is 15.7. The molecule has 21 heavy (non-hydrogen) atoms. The van der Waals surface area contributed by atoms with Gasteiger partial charge in [-0.3, -0.25) is 4.79 Å². The summed E-state index contributed by atoms with van der Waals surface area (Å²) in [5.41, 5.74) is 3.37. The van der Waals surface area contributed by atoms with Gasteiger partial charge in [-0.1, -0.05) is 29.8 Å². The van der Waals surface area contributed by atoms with Crippen LogP contribution in [-0.2, 0) is 11.2 Å². The van der Waals surface area contributed by atoms with Gasteiger partial charge in [-0.2, -0.15) is 11.3 Å². The fourth-order valence-corrected chi connectivity index (χ4v) is 2.80. The van der Waals surface area contributed by atoms with Gasteiger partial charge in [0, 0.05) is 13.0 Å². The molecule has 0 saturated carbocycles. The predicted molar refractivity (Wildman–Crippen MR) is 86.4 cm³/mol. The molecule has 0 radical (unpaired) electrons. The van der Waals surface area contributed by atoms with Gasteiger partial charge < -0.3 is 10.4 Å². The number of carbonyl (C=O) groups excluding carboxylic acids is 1. The van der Waals surface area contributed by atoms with Crippen LogP contribution in [0, 0.1) is 6.92 Å². The number of nitrogens with one attached hydrogen (secondary N) is 1.